The van der Waals surface area contributed by atoms with Gasteiger partial charge in [0.1, 0.15) is 0 Å². The van der Waals surface area contributed by atoms with E-state index in [-0.39, 0.29) is 0 Å². The van der Waals surface area contributed by atoms with Gasteiger partial charge >= 0.3 is 0 Å². The highest BCUT2D eigenvalue weighted by Gasteiger charge is 2.13. The first-order valence-corrected chi connectivity index (χ1v) is 9.19. The Morgan fingerprint density at radius 2 is 1.44 bits per heavy atom. The van der Waals surface area contributed by atoms with Gasteiger partial charge in [0.25, 0.3) is 0 Å². The Morgan fingerprint density at radius 1 is 0.852 bits per heavy atom. The lowest BCUT2D eigenvalue weighted by atomic mass is 10.1. The first-order chi connectivity index (χ1) is 13.1. The van der Waals surface area contributed by atoms with E-state index < -0.39 is 0 Å². The Hall–Kier alpha value is -3.27. The molecule has 0 aliphatic rings. The highest BCUT2D eigenvalue weighted by Crippen LogP contribution is 2.26. The number of benzene rings is 3. The molecule has 0 fully saturated rings. The first-order valence-electron chi connectivity index (χ1n) is 9.19. The van der Waals surface area contributed by atoms with E-state index >= 15 is 0 Å². The maximum Gasteiger partial charge on any atom is 0.198 e. The second kappa shape index (κ2) is 7.16. The number of fused-ring (bicyclic) bond motifs is 1. The smallest absolute Gasteiger partial charge is 0.198 e. The molecule has 4 heteroatoms. The van der Waals surface area contributed by atoms with Crippen molar-refractivity contribution >= 4 is 22.7 Å². The Morgan fingerprint density at radius 3 is 2.04 bits per heavy atom. The number of nitrogens with zero attached hydrogens (tertiary/aromatic N) is 2. The van der Waals surface area contributed by atoms with Crippen LogP contribution in [0.25, 0.3) is 11.0 Å². The summed E-state index contributed by atoms with van der Waals surface area (Å²) in [4.78, 5) is 9.86. The molecule has 27 heavy (non-hydrogen) atoms. The Kier molecular flexibility index (Phi) is 4.55. The number of aromatic amines is 1. The van der Waals surface area contributed by atoms with Crippen LogP contribution in [-0.4, -0.2) is 9.97 Å². The largest absolute Gasteiger partial charge is 0.369 e. The van der Waals surface area contributed by atoms with Gasteiger partial charge in [0.2, 0.25) is 0 Å². The van der Waals surface area contributed by atoms with Crippen LogP contribution in [-0.2, 0) is 13.1 Å². The van der Waals surface area contributed by atoms with Gasteiger partial charge in [-0.1, -0.05) is 48.5 Å². The highest BCUT2D eigenvalue weighted by molar-refractivity contribution is 5.81. The monoisotopic (exact) mass is 356 g/mol. The summed E-state index contributed by atoms with van der Waals surface area (Å²) in [5, 5.41) is 0. The quantitative estimate of drug-likeness (QED) is 0.531. The van der Waals surface area contributed by atoms with Gasteiger partial charge in [0.05, 0.1) is 11.0 Å². The second-order valence-electron chi connectivity index (χ2n) is 7.03. The minimum atomic E-state index is 0.450. The minimum Gasteiger partial charge on any atom is -0.369 e. The molecule has 0 aliphatic carbocycles. The molecule has 3 aromatic carbocycles. The van der Waals surface area contributed by atoms with E-state index in [0.717, 1.165) is 29.8 Å². The Balaban J connectivity index is 1.73. The molecule has 3 N–H and O–H groups in total. The van der Waals surface area contributed by atoms with Gasteiger partial charge in [0, 0.05) is 18.8 Å². The molecule has 0 spiro atoms. The summed E-state index contributed by atoms with van der Waals surface area (Å²) >= 11 is 0. The lowest BCUT2D eigenvalue weighted by Gasteiger charge is -2.27. The number of nitrogens with one attached hydrogen (secondary N) is 1. The van der Waals surface area contributed by atoms with Gasteiger partial charge in [-0.15, -0.1) is 0 Å². The summed E-state index contributed by atoms with van der Waals surface area (Å²) in [6, 6.07) is 23.4. The zero-order chi connectivity index (χ0) is 18.8. The second-order valence-corrected chi connectivity index (χ2v) is 7.03. The molecule has 136 valence electrons. The maximum absolute atomic E-state index is 5.82. The molecule has 0 saturated heterocycles. The van der Waals surface area contributed by atoms with Crippen molar-refractivity contribution in [3.8, 4) is 0 Å². The van der Waals surface area contributed by atoms with Gasteiger partial charge in [0.15, 0.2) is 5.95 Å². The van der Waals surface area contributed by atoms with Gasteiger partial charge in [-0.2, -0.15) is 0 Å². The molecule has 0 saturated carbocycles. The number of hydrogen-bond donors (Lipinski definition) is 2. The van der Waals surface area contributed by atoms with Crippen molar-refractivity contribution in [1.82, 2.24) is 9.97 Å². The molecule has 4 nitrogen and oxygen atoms in total. The average molecular weight is 356 g/mol. The number of aromatic nitrogens is 2. The molecule has 1 heterocycles. The lowest BCUT2D eigenvalue weighted by molar-refractivity contribution is 0.793. The number of aryl methyl sites for hydroxylation is 2. The zero-order valence-electron chi connectivity index (χ0n) is 15.7. The number of imidazole rings is 1. The Bertz CT molecular complexity index is 1030. The predicted octanol–water partition coefficient (Wildman–Crippen LogP) is 4.97. The van der Waals surface area contributed by atoms with Crippen molar-refractivity contribution in [2.45, 2.75) is 26.9 Å². The molecular formula is C23H24N4. The molecule has 0 amide bonds. The predicted molar refractivity (Wildman–Crippen MR) is 113 cm³/mol. The van der Waals surface area contributed by atoms with Crippen LogP contribution in [0.2, 0.25) is 0 Å². The number of rotatable bonds is 5. The molecule has 0 radical (unpaired) electrons. The van der Waals surface area contributed by atoms with Crippen molar-refractivity contribution < 1.29 is 0 Å². The van der Waals surface area contributed by atoms with E-state index in [1.807, 2.05) is 6.07 Å². The third-order valence-electron chi connectivity index (χ3n) is 5.09. The van der Waals surface area contributed by atoms with Crippen molar-refractivity contribution in [2.75, 3.05) is 10.6 Å². The number of nitrogen functional groups attached to an aromatic ring is 1. The summed E-state index contributed by atoms with van der Waals surface area (Å²) in [7, 11) is 0. The van der Waals surface area contributed by atoms with Crippen LogP contribution < -0.4 is 10.6 Å². The number of hydrogen-bond acceptors (Lipinski definition) is 3. The standard InChI is InChI=1S/C23H24N4/c1-16-7-3-5-9-18(16)14-27(15-19-10-6-4-8-17(19)2)20-11-12-21-22(13-20)26-23(24)25-21/h3-13H,14-15H2,1-2H3,(H3,24,25,26). The highest BCUT2D eigenvalue weighted by atomic mass is 15.1. The molecule has 0 aliphatic heterocycles. The molecule has 1 aromatic heterocycles. The van der Waals surface area contributed by atoms with E-state index in [9.17, 15) is 0 Å². The molecule has 0 atom stereocenters. The topological polar surface area (TPSA) is 57.9 Å². The summed E-state index contributed by atoms with van der Waals surface area (Å²) in [6.45, 7) is 6.02. The molecule has 4 rings (SSSR count). The van der Waals surface area contributed by atoms with E-state index in [1.54, 1.807) is 0 Å². The van der Waals surface area contributed by atoms with Crippen LogP contribution in [0.15, 0.2) is 66.7 Å². The minimum absolute atomic E-state index is 0.450. The fourth-order valence-electron chi connectivity index (χ4n) is 3.44. The van der Waals surface area contributed by atoms with Gasteiger partial charge in [-0.3, -0.25) is 0 Å². The maximum atomic E-state index is 5.82. The normalized spacial score (nSPS) is 11.0. The first kappa shape index (κ1) is 17.2. The van der Waals surface area contributed by atoms with Crippen LogP contribution in [0.5, 0.6) is 0 Å². The van der Waals surface area contributed by atoms with E-state index in [0.29, 0.717) is 5.95 Å². The van der Waals surface area contributed by atoms with Crippen molar-refractivity contribution in [1.29, 1.82) is 0 Å². The van der Waals surface area contributed by atoms with E-state index in [4.69, 9.17) is 5.73 Å². The number of anilines is 2. The van der Waals surface area contributed by atoms with E-state index in [1.165, 1.54) is 22.3 Å². The molecule has 4 aromatic rings. The van der Waals surface area contributed by atoms with Gasteiger partial charge in [-0.25, -0.2) is 4.98 Å². The van der Waals surface area contributed by atoms with Crippen molar-refractivity contribution in [3.63, 3.8) is 0 Å². The summed E-state index contributed by atoms with van der Waals surface area (Å²) in [5.74, 6) is 0.450. The zero-order valence-corrected chi connectivity index (χ0v) is 15.7. The van der Waals surface area contributed by atoms with Crippen molar-refractivity contribution in [3.05, 3.63) is 89.0 Å². The Labute approximate surface area is 159 Å². The summed E-state index contributed by atoms with van der Waals surface area (Å²) in [5.41, 5.74) is 14.1. The lowest BCUT2D eigenvalue weighted by Crippen LogP contribution is -2.23. The number of H-pyrrole nitrogens is 1. The summed E-state index contributed by atoms with van der Waals surface area (Å²) < 4.78 is 0. The third-order valence-corrected chi connectivity index (χ3v) is 5.09. The average Bonchev–Trinajstić information content (AvgIpc) is 3.03. The van der Waals surface area contributed by atoms with Crippen LogP contribution in [0.1, 0.15) is 22.3 Å². The molecule has 0 unspecified atom stereocenters. The third kappa shape index (κ3) is 3.65. The van der Waals surface area contributed by atoms with Crippen LogP contribution >= 0.6 is 0 Å². The molecule has 0 bridgehead atoms. The SMILES string of the molecule is Cc1ccccc1CN(Cc1ccccc1C)c1ccc2nc(N)[nH]c2c1. The summed E-state index contributed by atoms with van der Waals surface area (Å²) in [6.07, 6.45) is 0. The van der Waals surface area contributed by atoms with Gasteiger partial charge < -0.3 is 15.6 Å². The van der Waals surface area contributed by atoms with Crippen LogP contribution in [0, 0.1) is 13.8 Å². The van der Waals surface area contributed by atoms with Crippen LogP contribution in [0.4, 0.5) is 11.6 Å². The van der Waals surface area contributed by atoms with Gasteiger partial charge in [-0.05, 0) is 54.3 Å². The van der Waals surface area contributed by atoms with Crippen LogP contribution in [0.3, 0.4) is 0 Å². The molecular weight excluding hydrogens is 332 g/mol. The fraction of sp³-hybridized carbons (Fsp3) is 0.174. The van der Waals surface area contributed by atoms with E-state index in [2.05, 4.69) is 89.4 Å². The number of nitrogens with two attached hydrogens (primary N) is 1. The fourth-order valence-corrected chi connectivity index (χ4v) is 3.44. The van der Waals surface area contributed by atoms with Crippen molar-refractivity contribution in [2.24, 2.45) is 0 Å².